The van der Waals surface area contributed by atoms with Crippen molar-refractivity contribution in [1.29, 1.82) is 5.26 Å². The summed E-state index contributed by atoms with van der Waals surface area (Å²) in [6.45, 7) is 4.82. The maximum absolute atomic E-state index is 9.67. The Morgan fingerprint density at radius 1 is 1.28 bits per heavy atom. The zero-order chi connectivity index (χ0) is 21.0. The molecule has 0 fully saturated rings. The van der Waals surface area contributed by atoms with Gasteiger partial charge in [-0.2, -0.15) is 9.64 Å². The summed E-state index contributed by atoms with van der Waals surface area (Å²) in [7, 11) is 1.95. The van der Waals surface area contributed by atoms with E-state index in [2.05, 4.69) is 15.4 Å². The van der Waals surface area contributed by atoms with E-state index in [9.17, 15) is 5.26 Å². The molecule has 0 spiro atoms. The van der Waals surface area contributed by atoms with Gasteiger partial charge in [-0.15, -0.1) is 0 Å². The fraction of sp³-hybridized carbons (Fsp3) is 0.190. The third-order valence-electron chi connectivity index (χ3n) is 4.25. The van der Waals surface area contributed by atoms with Gasteiger partial charge in [-0.3, -0.25) is 0 Å². The molecule has 0 radical (unpaired) electrons. The second-order valence-corrected chi connectivity index (χ2v) is 7.82. The number of nitrogens with zero attached hydrogens (tertiary/aromatic N) is 4. The predicted octanol–water partition coefficient (Wildman–Crippen LogP) is 6.70. The van der Waals surface area contributed by atoms with Crippen LogP contribution >= 0.6 is 34.7 Å². The summed E-state index contributed by atoms with van der Waals surface area (Å²) in [5, 5.41) is 11.0. The molecule has 0 aliphatic rings. The van der Waals surface area contributed by atoms with Crippen LogP contribution in [0.3, 0.4) is 0 Å². The third-order valence-corrected chi connectivity index (χ3v) is 5.60. The summed E-state index contributed by atoms with van der Waals surface area (Å²) in [5.74, 6) is 0.442. The minimum atomic E-state index is 0.323. The molecule has 3 aromatic rings. The number of hydrogen-bond donors (Lipinski definition) is 0. The zero-order valence-corrected chi connectivity index (χ0v) is 18.4. The second-order valence-electron chi connectivity index (χ2n) is 6.27. The molecular weight excluding hydrogens is 427 g/mol. The molecule has 0 aliphatic carbocycles. The van der Waals surface area contributed by atoms with Gasteiger partial charge in [-0.1, -0.05) is 41.4 Å². The number of benzene rings is 2. The number of aryl methyl sites for hydroxylation is 1. The lowest BCUT2D eigenvalue weighted by Gasteiger charge is -2.11. The van der Waals surface area contributed by atoms with Gasteiger partial charge < -0.3 is 9.64 Å². The van der Waals surface area contributed by atoms with Gasteiger partial charge in [0.2, 0.25) is 5.06 Å². The van der Waals surface area contributed by atoms with Crippen molar-refractivity contribution < 1.29 is 4.74 Å². The van der Waals surface area contributed by atoms with E-state index in [1.165, 1.54) is 0 Å². The van der Waals surface area contributed by atoms with E-state index in [1.54, 1.807) is 24.5 Å². The number of hydrogen-bond acceptors (Lipinski definition) is 5. The van der Waals surface area contributed by atoms with Crippen molar-refractivity contribution in [3.63, 3.8) is 0 Å². The fourth-order valence-electron chi connectivity index (χ4n) is 2.48. The second kappa shape index (κ2) is 9.27. The van der Waals surface area contributed by atoms with Crippen LogP contribution in [0.4, 0.5) is 5.69 Å². The monoisotopic (exact) mass is 444 g/mol. The standard InChI is InChI=1S/C21H18Cl2N4OS/c1-4-27(3)12-25-18-10-17(23)19(9-13(18)2)28-21-15(11-24)20(26-29-21)14-7-5-6-8-16(14)22/h5-10,12H,4H2,1-3H3/b25-12-. The summed E-state index contributed by atoms with van der Waals surface area (Å²) >= 11 is 13.8. The summed E-state index contributed by atoms with van der Waals surface area (Å²) in [6, 6.07) is 13.0. The molecule has 148 valence electrons. The lowest BCUT2D eigenvalue weighted by Crippen LogP contribution is -2.14. The van der Waals surface area contributed by atoms with Crippen LogP contribution in [-0.2, 0) is 0 Å². The van der Waals surface area contributed by atoms with Gasteiger partial charge in [0.25, 0.3) is 0 Å². The smallest absolute Gasteiger partial charge is 0.218 e. The van der Waals surface area contributed by atoms with Crippen molar-refractivity contribution >= 4 is 46.8 Å². The first-order chi connectivity index (χ1) is 13.9. The van der Waals surface area contributed by atoms with Gasteiger partial charge >= 0.3 is 0 Å². The molecule has 0 saturated carbocycles. The topological polar surface area (TPSA) is 61.5 Å². The highest BCUT2D eigenvalue weighted by Crippen LogP contribution is 2.41. The molecule has 0 saturated heterocycles. The summed E-state index contributed by atoms with van der Waals surface area (Å²) < 4.78 is 10.3. The molecule has 29 heavy (non-hydrogen) atoms. The third kappa shape index (κ3) is 4.70. The molecule has 0 N–H and O–H groups in total. The van der Waals surface area contributed by atoms with Crippen molar-refractivity contribution in [1.82, 2.24) is 9.27 Å². The van der Waals surface area contributed by atoms with Crippen LogP contribution in [0.2, 0.25) is 10.0 Å². The Labute approximate surface area is 184 Å². The van der Waals surface area contributed by atoms with Crippen LogP contribution in [0, 0.1) is 18.3 Å². The van der Waals surface area contributed by atoms with Crippen molar-refractivity contribution in [2.24, 2.45) is 4.99 Å². The van der Waals surface area contributed by atoms with Gasteiger partial charge in [0, 0.05) is 30.7 Å². The Morgan fingerprint density at radius 3 is 2.72 bits per heavy atom. The fourth-order valence-corrected chi connectivity index (χ4v) is 3.63. The van der Waals surface area contributed by atoms with Crippen LogP contribution in [0.15, 0.2) is 41.4 Å². The Morgan fingerprint density at radius 2 is 2.03 bits per heavy atom. The number of aliphatic imine (C=N–C) groups is 1. The summed E-state index contributed by atoms with van der Waals surface area (Å²) in [6.07, 6.45) is 1.76. The van der Waals surface area contributed by atoms with Gasteiger partial charge in [-0.25, -0.2) is 4.99 Å². The van der Waals surface area contributed by atoms with Gasteiger partial charge in [0.1, 0.15) is 23.1 Å². The Balaban J connectivity index is 1.93. The van der Waals surface area contributed by atoms with Gasteiger partial charge in [-0.05, 0) is 37.6 Å². The minimum absolute atomic E-state index is 0.323. The van der Waals surface area contributed by atoms with E-state index in [4.69, 9.17) is 27.9 Å². The maximum atomic E-state index is 9.67. The van der Waals surface area contributed by atoms with E-state index in [1.807, 2.05) is 44.0 Å². The highest BCUT2D eigenvalue weighted by molar-refractivity contribution is 7.08. The molecule has 0 amide bonds. The van der Waals surface area contributed by atoms with Crippen molar-refractivity contribution in [3.8, 4) is 28.1 Å². The molecular formula is C21H18Cl2N4OS. The molecule has 1 aromatic heterocycles. The number of ether oxygens (including phenoxy) is 1. The highest BCUT2D eigenvalue weighted by atomic mass is 35.5. The molecule has 2 aromatic carbocycles. The summed E-state index contributed by atoms with van der Waals surface area (Å²) in [5.41, 5.74) is 3.16. The van der Waals surface area contributed by atoms with Gasteiger partial charge in [0.05, 0.1) is 22.1 Å². The molecule has 8 heteroatoms. The van der Waals surface area contributed by atoms with E-state index in [0.29, 0.717) is 37.7 Å². The van der Waals surface area contributed by atoms with Crippen LogP contribution < -0.4 is 4.74 Å². The quantitative estimate of drug-likeness (QED) is 0.313. The number of halogens is 2. The largest absolute Gasteiger partial charge is 0.442 e. The molecule has 1 heterocycles. The first-order valence-electron chi connectivity index (χ1n) is 8.81. The Bertz CT molecular complexity index is 1100. The van der Waals surface area contributed by atoms with Crippen molar-refractivity contribution in [2.75, 3.05) is 13.6 Å². The molecule has 0 atom stereocenters. The number of rotatable bonds is 6. The first-order valence-corrected chi connectivity index (χ1v) is 10.3. The lowest BCUT2D eigenvalue weighted by molar-refractivity contribution is 0.495. The van der Waals surface area contributed by atoms with Crippen LogP contribution in [0.5, 0.6) is 10.8 Å². The summed E-state index contributed by atoms with van der Waals surface area (Å²) in [4.78, 5) is 6.42. The van der Waals surface area contributed by atoms with Crippen molar-refractivity contribution in [3.05, 3.63) is 57.6 Å². The van der Waals surface area contributed by atoms with Crippen LogP contribution in [-0.4, -0.2) is 29.2 Å². The highest BCUT2D eigenvalue weighted by Gasteiger charge is 2.20. The molecule has 3 rings (SSSR count). The Kier molecular flexibility index (Phi) is 6.75. The number of nitriles is 1. The minimum Gasteiger partial charge on any atom is -0.442 e. The predicted molar refractivity (Wildman–Crippen MR) is 120 cm³/mol. The zero-order valence-electron chi connectivity index (χ0n) is 16.1. The molecule has 0 unspecified atom stereocenters. The van der Waals surface area contributed by atoms with E-state index < -0.39 is 0 Å². The first kappa shape index (κ1) is 21.1. The SMILES string of the molecule is CCN(C)/C=N\c1cc(Cl)c(Oc2snc(-c3ccccc3Cl)c2C#N)cc1C. The molecule has 0 aliphatic heterocycles. The average Bonchev–Trinajstić information content (AvgIpc) is 3.11. The average molecular weight is 445 g/mol. The van der Waals surface area contributed by atoms with Crippen LogP contribution in [0.1, 0.15) is 18.1 Å². The van der Waals surface area contributed by atoms with Gasteiger partial charge in [0.15, 0.2) is 0 Å². The van der Waals surface area contributed by atoms with Crippen molar-refractivity contribution in [2.45, 2.75) is 13.8 Å². The lowest BCUT2D eigenvalue weighted by atomic mass is 10.1. The Hall–Kier alpha value is -2.59. The van der Waals surface area contributed by atoms with E-state index >= 15 is 0 Å². The normalized spacial score (nSPS) is 10.9. The van der Waals surface area contributed by atoms with E-state index in [0.717, 1.165) is 29.3 Å². The van der Waals surface area contributed by atoms with E-state index in [-0.39, 0.29) is 0 Å². The number of aromatic nitrogens is 1. The van der Waals surface area contributed by atoms with Crippen LogP contribution in [0.25, 0.3) is 11.3 Å². The molecule has 5 nitrogen and oxygen atoms in total. The maximum Gasteiger partial charge on any atom is 0.218 e. The molecule has 0 bridgehead atoms.